The Balaban J connectivity index is 1.98. The van der Waals surface area contributed by atoms with Gasteiger partial charge in [-0.05, 0) is 30.8 Å². The van der Waals surface area contributed by atoms with Crippen molar-refractivity contribution in [1.82, 2.24) is 5.32 Å². The van der Waals surface area contributed by atoms with Crippen LogP contribution >= 0.6 is 11.3 Å². The number of nitrogens with one attached hydrogen (secondary N) is 1. The molecule has 1 N–H and O–H groups in total. The molecule has 1 unspecified atom stereocenters. The Morgan fingerprint density at radius 1 is 1.00 bits per heavy atom. The zero-order valence-corrected chi connectivity index (χ0v) is 12.1. The smallest absolute Gasteiger partial charge is 0.0712 e. The summed E-state index contributed by atoms with van der Waals surface area (Å²) in [6.45, 7) is 2.15. The third-order valence-corrected chi connectivity index (χ3v) is 5.06. The van der Waals surface area contributed by atoms with Crippen molar-refractivity contribution in [2.75, 3.05) is 0 Å². The van der Waals surface area contributed by atoms with E-state index in [9.17, 15) is 0 Å². The number of dihydropyridines is 1. The number of fused-ring (bicyclic) bond motifs is 3. The second kappa shape index (κ2) is 4.50. The van der Waals surface area contributed by atoms with Gasteiger partial charge in [-0.2, -0.15) is 0 Å². The Kier molecular flexibility index (Phi) is 2.64. The number of benzene rings is 2. The minimum Gasteiger partial charge on any atom is -0.381 e. The number of hydrogen-bond acceptors (Lipinski definition) is 2. The first-order valence-electron chi connectivity index (χ1n) is 6.84. The lowest BCUT2D eigenvalue weighted by Crippen LogP contribution is -2.16. The molecule has 1 aliphatic heterocycles. The van der Waals surface area contributed by atoms with Gasteiger partial charge in [0.2, 0.25) is 0 Å². The summed E-state index contributed by atoms with van der Waals surface area (Å²) in [5.74, 6) is 0. The van der Waals surface area contributed by atoms with Crippen molar-refractivity contribution in [3.63, 3.8) is 0 Å². The van der Waals surface area contributed by atoms with E-state index in [-0.39, 0.29) is 6.04 Å². The molecule has 1 nitrogen and oxygen atoms in total. The minimum atomic E-state index is 0.275. The zero-order valence-electron chi connectivity index (χ0n) is 11.3. The predicted molar refractivity (Wildman–Crippen MR) is 88.1 cm³/mol. The minimum absolute atomic E-state index is 0.275. The first kappa shape index (κ1) is 11.7. The van der Waals surface area contributed by atoms with E-state index < -0.39 is 0 Å². The Morgan fingerprint density at radius 3 is 2.75 bits per heavy atom. The standard InChI is InChI=1S/C18H15NS/c1-12-9-10-19-16(11-12)15-7-4-6-14-13-5-2-3-8-17(13)20-18(14)15/h2-11,16,19H,1H3. The van der Waals surface area contributed by atoms with E-state index >= 15 is 0 Å². The van der Waals surface area contributed by atoms with Gasteiger partial charge in [-0.1, -0.05) is 48.0 Å². The first-order valence-corrected chi connectivity index (χ1v) is 7.66. The molecule has 2 aromatic carbocycles. The number of thiophene rings is 1. The molecule has 0 bridgehead atoms. The summed E-state index contributed by atoms with van der Waals surface area (Å²) >= 11 is 1.89. The summed E-state index contributed by atoms with van der Waals surface area (Å²) in [6.07, 6.45) is 6.45. The van der Waals surface area contributed by atoms with E-state index in [1.54, 1.807) is 0 Å². The van der Waals surface area contributed by atoms with Crippen molar-refractivity contribution < 1.29 is 0 Å². The maximum absolute atomic E-state index is 3.45. The molecule has 0 saturated heterocycles. The Hall–Kier alpha value is -2.06. The maximum Gasteiger partial charge on any atom is 0.0712 e. The Labute approximate surface area is 122 Å². The molecule has 1 aromatic heterocycles. The molecule has 98 valence electrons. The van der Waals surface area contributed by atoms with Crippen molar-refractivity contribution >= 4 is 31.5 Å². The van der Waals surface area contributed by atoms with E-state index in [1.165, 1.54) is 31.3 Å². The molecule has 0 amide bonds. The fraction of sp³-hybridized carbons (Fsp3) is 0.111. The molecular weight excluding hydrogens is 262 g/mol. The van der Waals surface area contributed by atoms with Crippen molar-refractivity contribution in [2.24, 2.45) is 0 Å². The van der Waals surface area contributed by atoms with E-state index in [1.807, 2.05) is 17.5 Å². The first-order chi connectivity index (χ1) is 9.83. The summed E-state index contributed by atoms with van der Waals surface area (Å²) in [5.41, 5.74) is 2.68. The van der Waals surface area contributed by atoms with Gasteiger partial charge in [0.25, 0.3) is 0 Å². The van der Waals surface area contributed by atoms with Gasteiger partial charge in [-0.15, -0.1) is 11.3 Å². The van der Waals surface area contributed by atoms with Crippen LogP contribution in [-0.2, 0) is 0 Å². The second-order valence-corrected chi connectivity index (χ2v) is 6.26. The van der Waals surface area contributed by atoms with E-state index in [0.29, 0.717) is 0 Å². The monoisotopic (exact) mass is 277 g/mol. The van der Waals surface area contributed by atoms with Crippen LogP contribution in [0.3, 0.4) is 0 Å². The molecule has 1 aliphatic rings. The van der Waals surface area contributed by atoms with Gasteiger partial charge < -0.3 is 5.32 Å². The lowest BCUT2D eigenvalue weighted by Gasteiger charge is -2.18. The van der Waals surface area contributed by atoms with Crippen molar-refractivity contribution in [3.05, 3.63) is 72.0 Å². The van der Waals surface area contributed by atoms with Gasteiger partial charge in [0.1, 0.15) is 0 Å². The van der Waals surface area contributed by atoms with Crippen LogP contribution < -0.4 is 5.32 Å². The average molecular weight is 277 g/mol. The zero-order chi connectivity index (χ0) is 13.5. The summed E-state index contributed by atoms with van der Waals surface area (Å²) in [5, 5.41) is 6.18. The van der Waals surface area contributed by atoms with Gasteiger partial charge in [0.15, 0.2) is 0 Å². The van der Waals surface area contributed by atoms with Crippen LogP contribution in [0.2, 0.25) is 0 Å². The highest BCUT2D eigenvalue weighted by atomic mass is 32.1. The van der Waals surface area contributed by atoms with E-state index in [0.717, 1.165) is 0 Å². The summed E-state index contributed by atoms with van der Waals surface area (Å²) in [7, 11) is 0. The van der Waals surface area contributed by atoms with Crippen molar-refractivity contribution in [3.8, 4) is 0 Å². The molecule has 20 heavy (non-hydrogen) atoms. The van der Waals surface area contributed by atoms with Crippen LogP contribution in [-0.4, -0.2) is 0 Å². The molecule has 3 aromatic rings. The lowest BCUT2D eigenvalue weighted by atomic mass is 10.00. The Morgan fingerprint density at radius 2 is 1.85 bits per heavy atom. The van der Waals surface area contributed by atoms with Gasteiger partial charge in [-0.25, -0.2) is 0 Å². The van der Waals surface area contributed by atoms with Crippen LogP contribution in [0.4, 0.5) is 0 Å². The molecule has 0 fully saturated rings. The van der Waals surface area contributed by atoms with Crippen LogP contribution in [0.1, 0.15) is 18.5 Å². The third kappa shape index (κ3) is 1.76. The molecule has 1 atom stereocenters. The highest BCUT2D eigenvalue weighted by molar-refractivity contribution is 7.26. The van der Waals surface area contributed by atoms with Gasteiger partial charge in [0.05, 0.1) is 6.04 Å². The fourth-order valence-corrected chi connectivity index (χ4v) is 4.10. The van der Waals surface area contributed by atoms with Crippen LogP contribution in [0.25, 0.3) is 20.2 Å². The molecule has 0 spiro atoms. The molecule has 0 radical (unpaired) electrons. The Bertz CT molecular complexity index is 854. The van der Waals surface area contributed by atoms with Gasteiger partial charge in [-0.3, -0.25) is 0 Å². The van der Waals surface area contributed by atoms with E-state index in [2.05, 4.69) is 66.9 Å². The molecule has 2 heteroatoms. The highest BCUT2D eigenvalue weighted by Gasteiger charge is 2.15. The molecular formula is C18H15NS. The van der Waals surface area contributed by atoms with Crippen molar-refractivity contribution in [1.29, 1.82) is 0 Å². The topological polar surface area (TPSA) is 12.0 Å². The molecule has 0 saturated carbocycles. The summed E-state index contributed by atoms with van der Waals surface area (Å²) in [6, 6.07) is 15.6. The predicted octanol–water partition coefficient (Wildman–Crippen LogP) is 5.16. The van der Waals surface area contributed by atoms with Crippen LogP contribution in [0, 0.1) is 0 Å². The maximum atomic E-state index is 3.45. The van der Waals surface area contributed by atoms with Gasteiger partial charge in [0, 0.05) is 20.2 Å². The highest BCUT2D eigenvalue weighted by Crippen LogP contribution is 2.38. The normalized spacial score (nSPS) is 18.2. The molecule has 2 heterocycles. The number of hydrogen-bond donors (Lipinski definition) is 1. The SMILES string of the molecule is CC1=CC(c2cccc3c2sc2ccccc23)NC=C1. The van der Waals surface area contributed by atoms with Gasteiger partial charge >= 0.3 is 0 Å². The number of rotatable bonds is 1. The summed E-state index contributed by atoms with van der Waals surface area (Å²) < 4.78 is 2.76. The largest absolute Gasteiger partial charge is 0.381 e. The van der Waals surface area contributed by atoms with E-state index in [4.69, 9.17) is 0 Å². The van der Waals surface area contributed by atoms with Crippen LogP contribution in [0.15, 0.2) is 66.4 Å². The molecule has 4 rings (SSSR count). The summed E-state index contributed by atoms with van der Waals surface area (Å²) in [4.78, 5) is 0. The second-order valence-electron chi connectivity index (χ2n) is 5.21. The average Bonchev–Trinajstić information content (AvgIpc) is 2.86. The lowest BCUT2D eigenvalue weighted by molar-refractivity contribution is 0.746. The number of allylic oxidation sites excluding steroid dienone is 2. The van der Waals surface area contributed by atoms with Crippen LogP contribution in [0.5, 0.6) is 0 Å². The van der Waals surface area contributed by atoms with Crippen molar-refractivity contribution in [2.45, 2.75) is 13.0 Å². The fourth-order valence-electron chi connectivity index (χ4n) is 2.84. The third-order valence-electron chi connectivity index (χ3n) is 3.82. The molecule has 0 aliphatic carbocycles. The quantitative estimate of drug-likeness (QED) is 0.648.